The SMILES string of the molecule is CSC(C)(C)CNC(=O)c1cc(C#CCN)ccc1F. The lowest BCUT2D eigenvalue weighted by atomic mass is 10.1. The number of carbonyl (C=O) groups is 1. The molecule has 0 aliphatic rings. The Morgan fingerprint density at radius 1 is 1.50 bits per heavy atom. The van der Waals surface area contributed by atoms with E-state index < -0.39 is 11.7 Å². The van der Waals surface area contributed by atoms with Crippen LogP contribution in [-0.4, -0.2) is 30.0 Å². The van der Waals surface area contributed by atoms with Gasteiger partial charge in [-0.05, 0) is 38.3 Å². The summed E-state index contributed by atoms with van der Waals surface area (Å²) in [7, 11) is 0. The molecule has 20 heavy (non-hydrogen) atoms. The maximum atomic E-state index is 13.7. The summed E-state index contributed by atoms with van der Waals surface area (Å²) < 4.78 is 13.6. The van der Waals surface area contributed by atoms with E-state index in [1.54, 1.807) is 11.8 Å². The normalized spacial score (nSPS) is 10.7. The van der Waals surface area contributed by atoms with Gasteiger partial charge < -0.3 is 11.1 Å². The zero-order valence-electron chi connectivity index (χ0n) is 11.9. The van der Waals surface area contributed by atoms with Crippen molar-refractivity contribution in [1.29, 1.82) is 0 Å². The first kappa shape index (κ1) is 16.5. The van der Waals surface area contributed by atoms with Crippen molar-refractivity contribution in [2.75, 3.05) is 19.3 Å². The van der Waals surface area contributed by atoms with Crippen LogP contribution >= 0.6 is 11.8 Å². The van der Waals surface area contributed by atoms with Crippen LogP contribution in [0.25, 0.3) is 0 Å². The van der Waals surface area contributed by atoms with Crippen molar-refractivity contribution in [3.63, 3.8) is 0 Å². The van der Waals surface area contributed by atoms with Gasteiger partial charge in [0.2, 0.25) is 0 Å². The van der Waals surface area contributed by atoms with Crippen LogP contribution in [0.1, 0.15) is 29.8 Å². The van der Waals surface area contributed by atoms with Gasteiger partial charge in [-0.15, -0.1) is 0 Å². The molecule has 0 radical (unpaired) electrons. The number of rotatable bonds is 4. The van der Waals surface area contributed by atoms with Crippen molar-refractivity contribution < 1.29 is 9.18 Å². The molecule has 0 fully saturated rings. The zero-order valence-corrected chi connectivity index (χ0v) is 12.7. The van der Waals surface area contributed by atoms with Crippen LogP contribution in [0.5, 0.6) is 0 Å². The number of benzene rings is 1. The first-order valence-corrected chi connectivity index (χ1v) is 7.44. The predicted octanol–water partition coefficient (Wildman–Crippen LogP) is 2.01. The van der Waals surface area contributed by atoms with E-state index in [0.717, 1.165) is 0 Å². The number of amides is 1. The quantitative estimate of drug-likeness (QED) is 0.835. The van der Waals surface area contributed by atoms with Crippen molar-refractivity contribution in [1.82, 2.24) is 5.32 Å². The van der Waals surface area contributed by atoms with Gasteiger partial charge in [0, 0.05) is 16.9 Å². The number of halogens is 1. The zero-order chi connectivity index (χ0) is 15.2. The van der Waals surface area contributed by atoms with Crippen LogP contribution in [0.3, 0.4) is 0 Å². The molecule has 0 aromatic heterocycles. The maximum Gasteiger partial charge on any atom is 0.254 e. The molecule has 0 atom stereocenters. The molecule has 0 bridgehead atoms. The van der Waals surface area contributed by atoms with Crippen molar-refractivity contribution in [2.24, 2.45) is 5.73 Å². The average Bonchev–Trinajstić information content (AvgIpc) is 2.44. The maximum absolute atomic E-state index is 13.7. The lowest BCUT2D eigenvalue weighted by molar-refractivity contribution is 0.0946. The second kappa shape index (κ2) is 7.32. The number of nitrogens with two attached hydrogens (primary N) is 1. The highest BCUT2D eigenvalue weighted by molar-refractivity contribution is 7.99. The van der Waals surface area contributed by atoms with Crippen molar-refractivity contribution >= 4 is 17.7 Å². The Labute approximate surface area is 123 Å². The summed E-state index contributed by atoms with van der Waals surface area (Å²) in [6, 6.07) is 4.22. The van der Waals surface area contributed by atoms with Gasteiger partial charge in [0.25, 0.3) is 5.91 Å². The molecule has 0 heterocycles. The Balaban J connectivity index is 2.87. The van der Waals surface area contributed by atoms with Gasteiger partial charge in [-0.2, -0.15) is 11.8 Å². The molecule has 1 aromatic rings. The standard InChI is InChI=1S/C15H19FN2OS/c1-15(2,20-3)10-18-14(19)12-9-11(5-4-8-17)6-7-13(12)16/h6-7,9H,8,10,17H2,1-3H3,(H,18,19). The molecule has 3 nitrogen and oxygen atoms in total. The summed E-state index contributed by atoms with van der Waals surface area (Å²) in [5.74, 6) is 4.48. The molecule has 0 spiro atoms. The highest BCUT2D eigenvalue weighted by Crippen LogP contribution is 2.20. The van der Waals surface area contributed by atoms with Gasteiger partial charge in [0.15, 0.2) is 0 Å². The third-order valence-electron chi connectivity index (χ3n) is 2.77. The molecule has 1 aromatic carbocycles. The van der Waals surface area contributed by atoms with E-state index in [4.69, 9.17) is 5.73 Å². The lowest BCUT2D eigenvalue weighted by Crippen LogP contribution is -2.36. The highest BCUT2D eigenvalue weighted by Gasteiger charge is 2.19. The Hall–Kier alpha value is -1.51. The molecule has 0 saturated carbocycles. The Kier molecular flexibility index (Phi) is 6.05. The fourth-order valence-corrected chi connectivity index (χ4v) is 1.61. The van der Waals surface area contributed by atoms with Crippen LogP contribution in [0.15, 0.2) is 18.2 Å². The molecule has 0 aliphatic heterocycles. The minimum Gasteiger partial charge on any atom is -0.351 e. The summed E-state index contributed by atoms with van der Waals surface area (Å²) in [5, 5.41) is 2.74. The molecular formula is C15H19FN2OS. The second-order valence-electron chi connectivity index (χ2n) is 4.85. The summed E-state index contributed by atoms with van der Waals surface area (Å²) in [5.41, 5.74) is 5.87. The predicted molar refractivity (Wildman–Crippen MR) is 82.3 cm³/mol. The molecule has 0 aliphatic carbocycles. The molecular weight excluding hydrogens is 275 g/mol. The minimum absolute atomic E-state index is 0.00530. The number of nitrogens with one attached hydrogen (secondary N) is 1. The van der Waals surface area contributed by atoms with Gasteiger partial charge in [-0.3, -0.25) is 4.79 Å². The summed E-state index contributed by atoms with van der Waals surface area (Å²) >= 11 is 1.64. The minimum atomic E-state index is -0.553. The van der Waals surface area contributed by atoms with Crippen LogP contribution in [0, 0.1) is 17.7 Å². The number of thioether (sulfide) groups is 1. The summed E-state index contributed by atoms with van der Waals surface area (Å²) in [4.78, 5) is 12.0. The molecule has 3 N–H and O–H groups in total. The average molecular weight is 294 g/mol. The monoisotopic (exact) mass is 294 g/mol. The second-order valence-corrected chi connectivity index (χ2v) is 6.36. The fraction of sp³-hybridized carbons (Fsp3) is 0.400. The highest BCUT2D eigenvalue weighted by atomic mass is 32.2. The largest absolute Gasteiger partial charge is 0.351 e. The van der Waals surface area contributed by atoms with Gasteiger partial charge in [0.05, 0.1) is 12.1 Å². The van der Waals surface area contributed by atoms with E-state index in [0.29, 0.717) is 12.1 Å². The Morgan fingerprint density at radius 2 is 2.20 bits per heavy atom. The smallest absolute Gasteiger partial charge is 0.254 e. The first-order chi connectivity index (χ1) is 9.39. The van der Waals surface area contributed by atoms with Gasteiger partial charge in [-0.25, -0.2) is 4.39 Å². The molecule has 5 heteroatoms. The third-order valence-corrected chi connectivity index (χ3v) is 4.02. The van der Waals surface area contributed by atoms with Crippen molar-refractivity contribution in [3.05, 3.63) is 35.1 Å². The molecule has 108 valence electrons. The van der Waals surface area contributed by atoms with E-state index in [-0.39, 0.29) is 16.9 Å². The van der Waals surface area contributed by atoms with Crippen molar-refractivity contribution in [3.8, 4) is 11.8 Å². The molecule has 0 saturated heterocycles. The van der Waals surface area contributed by atoms with Crippen LogP contribution in [-0.2, 0) is 0 Å². The van der Waals surface area contributed by atoms with E-state index in [1.807, 2.05) is 20.1 Å². The number of hydrogen-bond acceptors (Lipinski definition) is 3. The molecule has 1 rings (SSSR count). The summed E-state index contributed by atoms with van der Waals surface area (Å²) in [6.45, 7) is 4.71. The van der Waals surface area contributed by atoms with Crippen LogP contribution < -0.4 is 11.1 Å². The third kappa shape index (κ3) is 4.87. The van der Waals surface area contributed by atoms with Crippen molar-refractivity contribution in [2.45, 2.75) is 18.6 Å². The number of carbonyl (C=O) groups excluding carboxylic acids is 1. The molecule has 0 unspecified atom stereocenters. The summed E-state index contributed by atoms with van der Waals surface area (Å²) in [6.07, 6.45) is 1.97. The topological polar surface area (TPSA) is 55.1 Å². The first-order valence-electron chi connectivity index (χ1n) is 6.21. The van der Waals surface area contributed by atoms with E-state index in [9.17, 15) is 9.18 Å². The lowest BCUT2D eigenvalue weighted by Gasteiger charge is -2.22. The Morgan fingerprint density at radius 3 is 2.80 bits per heavy atom. The van der Waals surface area contributed by atoms with Crippen LogP contribution in [0.4, 0.5) is 4.39 Å². The molecule has 1 amide bonds. The van der Waals surface area contributed by atoms with Gasteiger partial charge >= 0.3 is 0 Å². The van der Waals surface area contributed by atoms with Gasteiger partial charge in [-0.1, -0.05) is 11.8 Å². The van der Waals surface area contributed by atoms with E-state index in [1.165, 1.54) is 18.2 Å². The Bertz CT molecular complexity index is 547. The van der Waals surface area contributed by atoms with E-state index >= 15 is 0 Å². The van der Waals surface area contributed by atoms with Crippen LogP contribution in [0.2, 0.25) is 0 Å². The van der Waals surface area contributed by atoms with Gasteiger partial charge in [0.1, 0.15) is 5.82 Å². The fourth-order valence-electron chi connectivity index (χ4n) is 1.39. The number of hydrogen-bond donors (Lipinski definition) is 2. The van der Waals surface area contributed by atoms with E-state index in [2.05, 4.69) is 17.2 Å².